The van der Waals surface area contributed by atoms with Gasteiger partial charge in [-0.25, -0.2) is 17.8 Å². The number of nitrogens with one attached hydrogen (secondary N) is 3. The van der Waals surface area contributed by atoms with Gasteiger partial charge in [0, 0.05) is 11.1 Å². The number of hydrogen-bond donors (Lipinski definition) is 3. The Morgan fingerprint density at radius 1 is 1.34 bits per heavy atom. The minimum atomic E-state index is -3.98. The number of benzene rings is 1. The molecule has 0 aliphatic rings. The summed E-state index contributed by atoms with van der Waals surface area (Å²) >= 11 is 5.96. The van der Waals surface area contributed by atoms with Crippen molar-refractivity contribution < 1.29 is 22.0 Å². The number of pyridine rings is 1. The minimum absolute atomic E-state index is 0.208. The second-order valence-corrected chi connectivity index (χ2v) is 8.39. The summed E-state index contributed by atoms with van der Waals surface area (Å²) < 4.78 is 52.9. The van der Waals surface area contributed by atoms with Crippen LogP contribution in [0.2, 0.25) is 5.02 Å². The lowest BCUT2D eigenvalue weighted by Gasteiger charge is -2.13. The van der Waals surface area contributed by atoms with E-state index in [-0.39, 0.29) is 17.1 Å². The molecule has 3 aromatic rings. The molecule has 3 rings (SSSR count). The van der Waals surface area contributed by atoms with Gasteiger partial charge in [0.1, 0.15) is 0 Å². The van der Waals surface area contributed by atoms with Crippen molar-refractivity contribution in [1.82, 2.24) is 15.2 Å². The Balaban J connectivity index is 1.88. The summed E-state index contributed by atoms with van der Waals surface area (Å²) in [6.45, 7) is 0.948. The summed E-state index contributed by atoms with van der Waals surface area (Å²) in [5.74, 6) is -2.56. The highest BCUT2D eigenvalue weighted by Crippen LogP contribution is 2.28. The molecule has 0 aliphatic heterocycles. The molecule has 2 aromatic heterocycles. The molecule has 0 radical (unpaired) electrons. The van der Waals surface area contributed by atoms with Crippen LogP contribution in [0.15, 0.2) is 24.4 Å². The van der Waals surface area contributed by atoms with Gasteiger partial charge < -0.3 is 5.32 Å². The Kier molecular flexibility index (Phi) is 5.99. The first-order valence-corrected chi connectivity index (χ1v) is 10.4. The highest BCUT2D eigenvalue weighted by Gasteiger charge is 2.22. The Morgan fingerprint density at radius 2 is 2.10 bits per heavy atom. The monoisotopic (exact) mass is 443 g/mol. The van der Waals surface area contributed by atoms with Crippen LogP contribution in [0.4, 0.5) is 20.2 Å². The number of anilines is 2. The first-order chi connectivity index (χ1) is 13.7. The first kappa shape index (κ1) is 20.9. The third kappa shape index (κ3) is 4.62. The SMILES string of the molecule is Cc1[nH]nc2ncc(NC(=O)c3c(Cl)ccc(NS(=O)(=O)CCCF)c3F)cc12. The van der Waals surface area contributed by atoms with Gasteiger partial charge in [-0.15, -0.1) is 0 Å². The number of halogens is 3. The van der Waals surface area contributed by atoms with Gasteiger partial charge in [0.2, 0.25) is 10.0 Å². The van der Waals surface area contributed by atoms with Gasteiger partial charge in [-0.3, -0.25) is 19.0 Å². The molecule has 154 valence electrons. The van der Waals surface area contributed by atoms with Crippen molar-refractivity contribution in [3.05, 3.63) is 46.5 Å². The molecule has 8 nitrogen and oxygen atoms in total. The van der Waals surface area contributed by atoms with Crippen LogP contribution in [0.3, 0.4) is 0 Å². The maximum atomic E-state index is 14.8. The van der Waals surface area contributed by atoms with Crippen molar-refractivity contribution in [3.8, 4) is 0 Å². The highest BCUT2D eigenvalue weighted by molar-refractivity contribution is 7.92. The van der Waals surface area contributed by atoms with E-state index in [1.165, 1.54) is 12.3 Å². The number of aryl methyl sites for hydroxylation is 1. The van der Waals surface area contributed by atoms with Crippen LogP contribution >= 0.6 is 11.6 Å². The summed E-state index contributed by atoms with van der Waals surface area (Å²) in [5, 5.41) is 9.67. The number of H-pyrrole nitrogens is 1. The summed E-state index contributed by atoms with van der Waals surface area (Å²) in [4.78, 5) is 16.7. The quantitative estimate of drug-likeness (QED) is 0.517. The molecule has 3 N–H and O–H groups in total. The molecule has 0 unspecified atom stereocenters. The predicted octanol–water partition coefficient (Wildman–Crippen LogP) is 3.41. The smallest absolute Gasteiger partial charge is 0.260 e. The lowest BCUT2D eigenvalue weighted by molar-refractivity contribution is 0.102. The standard InChI is InChI=1S/C17H16ClF2N5O3S/c1-9-11-7-10(8-21-16(11)24-23-9)22-17(26)14-12(18)3-4-13(15(14)20)25-29(27,28)6-2-5-19/h3-4,7-8,25H,2,5-6H2,1H3,(H,22,26)(H,21,23,24). The van der Waals surface area contributed by atoms with Crippen LogP contribution in [0.5, 0.6) is 0 Å². The minimum Gasteiger partial charge on any atom is -0.320 e. The Bertz CT molecular complexity index is 1180. The molecular weight excluding hydrogens is 428 g/mol. The van der Waals surface area contributed by atoms with E-state index in [1.54, 1.807) is 13.0 Å². The number of alkyl halides is 1. The Labute approximate surface area is 169 Å². The molecule has 0 atom stereocenters. The summed E-state index contributed by atoms with van der Waals surface area (Å²) in [5.41, 5.74) is 0.460. The molecule has 0 saturated heterocycles. The molecule has 2 heterocycles. The maximum absolute atomic E-state index is 14.8. The molecule has 0 saturated carbocycles. The number of carbonyl (C=O) groups is 1. The number of sulfonamides is 1. The number of rotatable bonds is 7. The van der Waals surface area contributed by atoms with Crippen LogP contribution in [-0.4, -0.2) is 41.9 Å². The average molecular weight is 444 g/mol. The van der Waals surface area contributed by atoms with Crippen LogP contribution in [0, 0.1) is 12.7 Å². The molecule has 0 aliphatic carbocycles. The van der Waals surface area contributed by atoms with Crippen molar-refractivity contribution in [2.75, 3.05) is 22.5 Å². The van der Waals surface area contributed by atoms with Gasteiger partial charge in [0.15, 0.2) is 11.5 Å². The molecule has 1 aromatic carbocycles. The van der Waals surface area contributed by atoms with Gasteiger partial charge in [-0.1, -0.05) is 11.6 Å². The number of amides is 1. The lowest BCUT2D eigenvalue weighted by atomic mass is 10.1. The lowest BCUT2D eigenvalue weighted by Crippen LogP contribution is -2.20. The fourth-order valence-electron chi connectivity index (χ4n) is 2.58. The van der Waals surface area contributed by atoms with E-state index >= 15 is 0 Å². The Hall–Kier alpha value is -2.79. The molecule has 0 bridgehead atoms. The third-order valence-corrected chi connectivity index (χ3v) is 5.66. The van der Waals surface area contributed by atoms with Gasteiger partial charge in [-0.05, 0) is 31.5 Å². The Morgan fingerprint density at radius 3 is 2.83 bits per heavy atom. The van der Waals surface area contributed by atoms with Crippen molar-refractivity contribution in [2.45, 2.75) is 13.3 Å². The number of aromatic nitrogens is 3. The molecule has 0 fully saturated rings. The van der Waals surface area contributed by atoms with Gasteiger partial charge in [-0.2, -0.15) is 5.10 Å². The second kappa shape index (κ2) is 8.29. The number of aromatic amines is 1. The molecule has 0 spiro atoms. The average Bonchev–Trinajstić information content (AvgIpc) is 3.03. The van der Waals surface area contributed by atoms with Crippen LogP contribution < -0.4 is 10.0 Å². The normalized spacial score (nSPS) is 11.6. The predicted molar refractivity (Wildman–Crippen MR) is 106 cm³/mol. The van der Waals surface area contributed by atoms with Gasteiger partial charge >= 0.3 is 0 Å². The van der Waals surface area contributed by atoms with E-state index < -0.39 is 45.4 Å². The van der Waals surface area contributed by atoms with Gasteiger partial charge in [0.25, 0.3) is 5.91 Å². The van der Waals surface area contributed by atoms with E-state index in [2.05, 4.69) is 20.5 Å². The van der Waals surface area contributed by atoms with Crippen molar-refractivity contribution in [3.63, 3.8) is 0 Å². The summed E-state index contributed by atoms with van der Waals surface area (Å²) in [6, 6.07) is 3.88. The first-order valence-electron chi connectivity index (χ1n) is 8.38. The topological polar surface area (TPSA) is 117 Å². The van der Waals surface area contributed by atoms with E-state index in [1.807, 2.05) is 4.72 Å². The molecule has 12 heteroatoms. The van der Waals surface area contributed by atoms with Crippen LogP contribution in [0.1, 0.15) is 22.5 Å². The zero-order valence-electron chi connectivity index (χ0n) is 15.1. The summed E-state index contributed by atoms with van der Waals surface area (Å²) in [6.07, 6.45) is 1.11. The van der Waals surface area contributed by atoms with Gasteiger partial charge in [0.05, 0.1) is 40.6 Å². The van der Waals surface area contributed by atoms with Crippen molar-refractivity contribution in [1.29, 1.82) is 0 Å². The number of hydrogen-bond acceptors (Lipinski definition) is 5. The van der Waals surface area contributed by atoms with Crippen molar-refractivity contribution in [2.24, 2.45) is 0 Å². The zero-order chi connectivity index (χ0) is 21.2. The van der Waals surface area contributed by atoms with E-state index in [4.69, 9.17) is 11.6 Å². The number of nitrogens with zero attached hydrogens (tertiary/aromatic N) is 2. The molecule has 29 heavy (non-hydrogen) atoms. The van der Waals surface area contributed by atoms with E-state index in [0.717, 1.165) is 11.8 Å². The number of fused-ring (bicyclic) bond motifs is 1. The summed E-state index contributed by atoms with van der Waals surface area (Å²) in [7, 11) is -3.98. The zero-order valence-corrected chi connectivity index (χ0v) is 16.7. The van der Waals surface area contributed by atoms with E-state index in [9.17, 15) is 22.0 Å². The fourth-order valence-corrected chi connectivity index (χ4v) is 3.90. The fraction of sp³-hybridized carbons (Fsp3) is 0.235. The number of carbonyl (C=O) groups excluding carboxylic acids is 1. The molecule has 1 amide bonds. The second-order valence-electron chi connectivity index (χ2n) is 6.15. The van der Waals surface area contributed by atoms with Crippen molar-refractivity contribution >= 4 is 49.9 Å². The highest BCUT2D eigenvalue weighted by atomic mass is 35.5. The van der Waals surface area contributed by atoms with Crippen LogP contribution in [0.25, 0.3) is 11.0 Å². The maximum Gasteiger partial charge on any atom is 0.260 e. The third-order valence-electron chi connectivity index (χ3n) is 3.99. The van der Waals surface area contributed by atoms with E-state index in [0.29, 0.717) is 11.0 Å². The van der Waals surface area contributed by atoms with Crippen LogP contribution in [-0.2, 0) is 10.0 Å². The molecular formula is C17H16ClF2N5O3S. The largest absolute Gasteiger partial charge is 0.320 e.